The molecule has 0 aliphatic rings. The smallest absolute Gasteiger partial charge is 0.208 e. The first-order chi connectivity index (χ1) is 8.75. The molecule has 0 unspecified atom stereocenters. The van der Waals surface area contributed by atoms with Gasteiger partial charge < -0.3 is 0 Å². The molecule has 6 nitrogen and oxygen atoms in total. The number of hydrogen-bond acceptors (Lipinski definition) is 4. The molecule has 3 aromatic rings. The second-order valence-electron chi connectivity index (χ2n) is 3.47. The molecule has 0 radical (unpaired) electrons. The Hall–Kier alpha value is -1.29. The average Bonchev–Trinajstić information content (AvgIpc) is 2.99. The first-order valence-electron chi connectivity index (χ1n) is 4.99. The molecule has 18 heavy (non-hydrogen) atoms. The first kappa shape index (κ1) is 11.8. The number of benzene rings is 1. The van der Waals surface area contributed by atoms with Crippen molar-refractivity contribution in [3.8, 4) is 17.1 Å². The molecule has 90 valence electrons. The minimum absolute atomic E-state index is 0.544. The Labute approximate surface area is 124 Å². The zero-order valence-electron chi connectivity index (χ0n) is 8.88. The highest BCUT2D eigenvalue weighted by Crippen LogP contribution is 2.24. The number of hydrogen-bond donors (Lipinski definition) is 1. The molecule has 8 heteroatoms. The van der Waals surface area contributed by atoms with Gasteiger partial charge in [0.15, 0.2) is 0 Å². The normalized spacial score (nSPS) is 10.8. The molecule has 0 saturated heterocycles. The van der Waals surface area contributed by atoms with Gasteiger partial charge in [-0.1, -0.05) is 15.9 Å². The Morgan fingerprint density at radius 2 is 2.00 bits per heavy atom. The number of rotatable bonds is 2. The van der Waals surface area contributed by atoms with Crippen molar-refractivity contribution in [1.29, 1.82) is 0 Å². The molecule has 0 bridgehead atoms. The van der Waals surface area contributed by atoms with E-state index in [1.807, 2.05) is 28.9 Å². The van der Waals surface area contributed by atoms with Crippen LogP contribution in [0.5, 0.6) is 0 Å². The van der Waals surface area contributed by atoms with Crippen molar-refractivity contribution in [1.82, 2.24) is 30.4 Å². The van der Waals surface area contributed by atoms with Crippen LogP contribution in [0.4, 0.5) is 0 Å². The van der Waals surface area contributed by atoms with E-state index < -0.39 is 0 Å². The number of H-pyrrole nitrogens is 1. The summed E-state index contributed by atoms with van der Waals surface area (Å²) in [6.45, 7) is 0. The van der Waals surface area contributed by atoms with Crippen molar-refractivity contribution in [2.24, 2.45) is 0 Å². The highest BCUT2D eigenvalue weighted by Gasteiger charge is 2.14. The topological polar surface area (TPSA) is 72.3 Å². The predicted octanol–water partition coefficient (Wildman–Crippen LogP) is 2.42. The summed E-state index contributed by atoms with van der Waals surface area (Å²) in [7, 11) is 0. The lowest BCUT2D eigenvalue weighted by Gasteiger charge is -2.03. The van der Waals surface area contributed by atoms with Gasteiger partial charge in [0.2, 0.25) is 5.82 Å². The quantitative estimate of drug-likeness (QED) is 0.651. The largest absolute Gasteiger partial charge is 0.227 e. The maximum atomic E-state index is 4.34. The fourth-order valence-electron chi connectivity index (χ4n) is 1.52. The molecule has 0 saturated carbocycles. The minimum atomic E-state index is 0.544. The third-order valence-electron chi connectivity index (χ3n) is 2.37. The fourth-order valence-corrected chi connectivity index (χ4v) is 2.57. The van der Waals surface area contributed by atoms with E-state index in [1.54, 1.807) is 6.20 Å². The number of halogens is 2. The Kier molecular flexibility index (Phi) is 3.12. The van der Waals surface area contributed by atoms with Gasteiger partial charge in [0.05, 0.1) is 17.4 Å². The number of aromatic nitrogens is 6. The molecule has 0 atom stereocenters. The fraction of sp³-hybridized carbons (Fsp3) is 0. The molecular formula is C10H6BrIN6. The van der Waals surface area contributed by atoms with Gasteiger partial charge in [-0.2, -0.15) is 10.3 Å². The summed E-state index contributed by atoms with van der Waals surface area (Å²) in [4.78, 5) is 0. The number of aromatic amines is 1. The van der Waals surface area contributed by atoms with E-state index in [0.717, 1.165) is 19.4 Å². The molecule has 0 aliphatic heterocycles. The van der Waals surface area contributed by atoms with Crippen LogP contribution in [-0.2, 0) is 0 Å². The molecule has 1 N–H and O–H groups in total. The van der Waals surface area contributed by atoms with E-state index in [9.17, 15) is 0 Å². The van der Waals surface area contributed by atoms with Crippen LogP contribution in [0.1, 0.15) is 0 Å². The van der Waals surface area contributed by atoms with Gasteiger partial charge in [0.1, 0.15) is 3.70 Å². The molecule has 2 aromatic heterocycles. The Bertz CT molecular complexity index is 660. The van der Waals surface area contributed by atoms with Crippen molar-refractivity contribution in [3.63, 3.8) is 0 Å². The van der Waals surface area contributed by atoms with Crippen molar-refractivity contribution in [2.75, 3.05) is 0 Å². The van der Waals surface area contributed by atoms with Gasteiger partial charge in [0.25, 0.3) is 0 Å². The number of tetrazole rings is 1. The summed E-state index contributed by atoms with van der Waals surface area (Å²) in [5, 5.41) is 18.2. The van der Waals surface area contributed by atoms with Crippen molar-refractivity contribution < 1.29 is 0 Å². The molecular weight excluding hydrogens is 411 g/mol. The van der Waals surface area contributed by atoms with E-state index in [0.29, 0.717) is 5.82 Å². The van der Waals surface area contributed by atoms with Gasteiger partial charge in [-0.05, 0) is 52.1 Å². The number of nitrogens with zero attached hydrogens (tertiary/aromatic N) is 5. The first-order valence-corrected chi connectivity index (χ1v) is 6.86. The van der Waals surface area contributed by atoms with E-state index in [4.69, 9.17) is 0 Å². The SMILES string of the molecule is Brc1ccc(-n2ncc(-c3nn[nH]n3)c2I)cc1. The van der Waals surface area contributed by atoms with Crippen molar-refractivity contribution >= 4 is 38.5 Å². The maximum absolute atomic E-state index is 4.34. The molecule has 1 aromatic carbocycles. The highest BCUT2D eigenvalue weighted by molar-refractivity contribution is 14.1. The number of nitrogens with one attached hydrogen (secondary N) is 1. The van der Waals surface area contributed by atoms with E-state index >= 15 is 0 Å². The lowest BCUT2D eigenvalue weighted by molar-refractivity contribution is 0.858. The Morgan fingerprint density at radius 3 is 2.67 bits per heavy atom. The summed E-state index contributed by atoms with van der Waals surface area (Å²) in [5.74, 6) is 0.544. The van der Waals surface area contributed by atoms with Gasteiger partial charge in [0, 0.05) is 4.47 Å². The second kappa shape index (κ2) is 4.76. The van der Waals surface area contributed by atoms with Crippen LogP contribution < -0.4 is 0 Å². The van der Waals surface area contributed by atoms with Crippen LogP contribution in [0.2, 0.25) is 0 Å². The molecule has 2 heterocycles. The Morgan fingerprint density at radius 1 is 1.22 bits per heavy atom. The van der Waals surface area contributed by atoms with Gasteiger partial charge in [-0.25, -0.2) is 4.68 Å². The van der Waals surface area contributed by atoms with Crippen LogP contribution >= 0.6 is 38.5 Å². The monoisotopic (exact) mass is 416 g/mol. The predicted molar refractivity (Wildman–Crippen MR) is 77.2 cm³/mol. The van der Waals surface area contributed by atoms with Crippen molar-refractivity contribution in [2.45, 2.75) is 0 Å². The Balaban J connectivity index is 2.07. The summed E-state index contributed by atoms with van der Waals surface area (Å²) < 4.78 is 3.81. The van der Waals surface area contributed by atoms with Gasteiger partial charge >= 0.3 is 0 Å². The standard InChI is InChI=1S/C10H6BrIN6/c11-6-1-3-7(4-2-6)18-9(12)8(5-13-18)10-14-16-17-15-10/h1-5H,(H,14,15,16,17). The van der Waals surface area contributed by atoms with Gasteiger partial charge in [-0.3, -0.25) is 0 Å². The van der Waals surface area contributed by atoms with Gasteiger partial charge in [-0.15, -0.1) is 10.2 Å². The van der Waals surface area contributed by atoms with Crippen LogP contribution in [0.25, 0.3) is 17.1 Å². The minimum Gasteiger partial charge on any atom is -0.227 e. The van der Waals surface area contributed by atoms with Crippen molar-refractivity contribution in [3.05, 3.63) is 38.6 Å². The highest BCUT2D eigenvalue weighted by atomic mass is 127. The summed E-state index contributed by atoms with van der Waals surface area (Å²) in [6, 6.07) is 7.92. The second-order valence-corrected chi connectivity index (χ2v) is 5.41. The third kappa shape index (κ3) is 2.05. The summed E-state index contributed by atoms with van der Waals surface area (Å²) in [6.07, 6.45) is 1.73. The van der Waals surface area contributed by atoms with Crippen LogP contribution in [0.3, 0.4) is 0 Å². The van der Waals surface area contributed by atoms with Crippen LogP contribution in [0.15, 0.2) is 34.9 Å². The van der Waals surface area contributed by atoms with E-state index in [1.165, 1.54) is 0 Å². The molecule has 0 amide bonds. The van der Waals surface area contributed by atoms with Crippen LogP contribution in [-0.4, -0.2) is 30.4 Å². The summed E-state index contributed by atoms with van der Waals surface area (Å²) in [5.41, 5.74) is 1.84. The lowest BCUT2D eigenvalue weighted by Crippen LogP contribution is -1.98. The average molecular weight is 417 g/mol. The lowest BCUT2D eigenvalue weighted by atomic mass is 10.3. The van der Waals surface area contributed by atoms with E-state index in [2.05, 4.69) is 64.2 Å². The van der Waals surface area contributed by atoms with Crippen LogP contribution in [0, 0.1) is 3.70 Å². The summed E-state index contributed by atoms with van der Waals surface area (Å²) >= 11 is 5.63. The molecule has 0 fully saturated rings. The molecule has 0 spiro atoms. The van der Waals surface area contributed by atoms with E-state index in [-0.39, 0.29) is 0 Å². The zero-order chi connectivity index (χ0) is 12.5. The maximum Gasteiger partial charge on any atom is 0.208 e. The third-order valence-corrected chi connectivity index (χ3v) is 3.93. The zero-order valence-corrected chi connectivity index (χ0v) is 12.6. The molecule has 3 rings (SSSR count). The molecule has 0 aliphatic carbocycles.